The molecule has 0 fully saturated rings. The van der Waals surface area contributed by atoms with Crippen molar-refractivity contribution >= 4 is 18.7 Å². The summed E-state index contributed by atoms with van der Waals surface area (Å²) in [6.45, 7) is 4.46. The van der Waals surface area contributed by atoms with Crippen molar-refractivity contribution in [3.8, 4) is 0 Å². The standard InChI is InChI=1S/C11H14N.BF4/c1-8-9(2)12(3)11-7-5-4-6-10(8)11;2-1(3,4)5/h4-8H,1-3H3;/q+1;-1. The zero-order chi connectivity index (χ0) is 13.2. The molecular weight excluding hydrogens is 233 g/mol. The van der Waals surface area contributed by atoms with Gasteiger partial charge in [-0.15, -0.1) is 0 Å². The number of rotatable bonds is 0. The predicted molar refractivity (Wildman–Crippen MR) is 61.6 cm³/mol. The van der Waals surface area contributed by atoms with Crippen molar-refractivity contribution < 1.29 is 21.8 Å². The molecule has 1 heterocycles. The lowest BCUT2D eigenvalue weighted by atomic mass is 9.99. The van der Waals surface area contributed by atoms with Gasteiger partial charge in [0.25, 0.3) is 0 Å². The molecule has 0 aliphatic carbocycles. The average molecular weight is 247 g/mol. The molecule has 1 aromatic rings. The lowest BCUT2D eigenvalue weighted by Gasteiger charge is -1.97. The van der Waals surface area contributed by atoms with Crippen LogP contribution in [0.15, 0.2) is 24.3 Å². The van der Waals surface area contributed by atoms with Crippen molar-refractivity contribution in [1.29, 1.82) is 0 Å². The fraction of sp³-hybridized carbons (Fsp3) is 0.364. The van der Waals surface area contributed by atoms with Crippen molar-refractivity contribution in [1.82, 2.24) is 0 Å². The predicted octanol–water partition coefficient (Wildman–Crippen LogP) is 3.84. The highest BCUT2D eigenvalue weighted by Gasteiger charge is 2.29. The van der Waals surface area contributed by atoms with Gasteiger partial charge in [0.05, 0.1) is 5.92 Å². The maximum atomic E-state index is 9.75. The highest BCUT2D eigenvalue weighted by Crippen LogP contribution is 2.33. The second-order valence-corrected chi connectivity index (χ2v) is 3.98. The maximum absolute atomic E-state index is 9.75. The lowest BCUT2D eigenvalue weighted by Crippen LogP contribution is -2.06. The Labute approximate surface area is 97.9 Å². The largest absolute Gasteiger partial charge is 0.673 e. The Morgan fingerprint density at radius 3 is 2.06 bits per heavy atom. The van der Waals surface area contributed by atoms with Gasteiger partial charge in [0.2, 0.25) is 5.69 Å². The molecular formula is C11H14BF4N. The first kappa shape index (κ1) is 13.7. The number of benzene rings is 1. The van der Waals surface area contributed by atoms with Crippen LogP contribution in [0.4, 0.5) is 23.0 Å². The molecule has 1 atom stereocenters. The van der Waals surface area contributed by atoms with Crippen molar-refractivity contribution in [3.63, 3.8) is 0 Å². The van der Waals surface area contributed by atoms with E-state index < -0.39 is 7.25 Å². The average Bonchev–Trinajstić information content (AvgIpc) is 2.43. The number of hydrogen-bond acceptors (Lipinski definition) is 0. The molecule has 17 heavy (non-hydrogen) atoms. The van der Waals surface area contributed by atoms with Gasteiger partial charge >= 0.3 is 7.25 Å². The topological polar surface area (TPSA) is 3.01 Å². The zero-order valence-corrected chi connectivity index (χ0v) is 9.92. The Morgan fingerprint density at radius 2 is 1.59 bits per heavy atom. The second-order valence-electron chi connectivity index (χ2n) is 3.98. The maximum Gasteiger partial charge on any atom is 0.673 e. The number of halogens is 4. The van der Waals surface area contributed by atoms with Crippen molar-refractivity contribution in [2.45, 2.75) is 19.8 Å². The first-order chi connectivity index (χ1) is 7.72. The molecule has 1 unspecified atom stereocenters. The fourth-order valence-electron chi connectivity index (χ4n) is 1.86. The summed E-state index contributed by atoms with van der Waals surface area (Å²) in [7, 11) is -3.86. The van der Waals surface area contributed by atoms with Gasteiger partial charge in [-0.2, -0.15) is 0 Å². The van der Waals surface area contributed by atoms with Crippen LogP contribution in [0.5, 0.6) is 0 Å². The Kier molecular flexibility index (Phi) is 3.96. The van der Waals surface area contributed by atoms with Crippen LogP contribution in [0.1, 0.15) is 25.3 Å². The van der Waals surface area contributed by atoms with Gasteiger partial charge in [0.1, 0.15) is 7.05 Å². The van der Waals surface area contributed by atoms with E-state index in [-0.39, 0.29) is 0 Å². The first-order valence-corrected chi connectivity index (χ1v) is 5.25. The van der Waals surface area contributed by atoms with Crippen LogP contribution in [-0.2, 0) is 0 Å². The van der Waals surface area contributed by atoms with E-state index in [0.29, 0.717) is 5.92 Å². The van der Waals surface area contributed by atoms with Gasteiger partial charge in [-0.05, 0) is 6.92 Å². The van der Waals surface area contributed by atoms with E-state index in [9.17, 15) is 17.3 Å². The molecule has 0 aromatic heterocycles. The molecule has 2 rings (SSSR count). The third-order valence-corrected chi connectivity index (χ3v) is 2.92. The van der Waals surface area contributed by atoms with E-state index in [0.717, 1.165) is 0 Å². The number of nitrogens with zero attached hydrogens (tertiary/aromatic N) is 1. The molecule has 0 saturated heterocycles. The van der Waals surface area contributed by atoms with E-state index in [4.69, 9.17) is 0 Å². The van der Waals surface area contributed by atoms with E-state index >= 15 is 0 Å². The van der Waals surface area contributed by atoms with E-state index in [1.54, 1.807) is 0 Å². The first-order valence-electron chi connectivity index (χ1n) is 5.25. The van der Waals surface area contributed by atoms with Crippen molar-refractivity contribution in [2.75, 3.05) is 7.05 Å². The van der Waals surface area contributed by atoms with Gasteiger partial charge < -0.3 is 17.3 Å². The minimum Gasteiger partial charge on any atom is -0.418 e. The summed E-state index contributed by atoms with van der Waals surface area (Å²) in [5.41, 5.74) is 4.26. The SMILES string of the molecule is CC1=[N+](C)c2ccccc2C1C.F[B-](F)(F)F. The third kappa shape index (κ3) is 3.58. The van der Waals surface area contributed by atoms with Crippen LogP contribution in [0, 0.1) is 0 Å². The van der Waals surface area contributed by atoms with Crippen LogP contribution in [0.3, 0.4) is 0 Å². The molecule has 0 N–H and O–H groups in total. The van der Waals surface area contributed by atoms with Crippen LogP contribution in [-0.4, -0.2) is 24.6 Å². The van der Waals surface area contributed by atoms with Crippen LogP contribution in [0.2, 0.25) is 0 Å². The highest BCUT2D eigenvalue weighted by atomic mass is 19.5. The Hall–Kier alpha value is -1.33. The Morgan fingerprint density at radius 1 is 1.12 bits per heavy atom. The van der Waals surface area contributed by atoms with Crippen LogP contribution >= 0.6 is 0 Å². The van der Waals surface area contributed by atoms with Crippen molar-refractivity contribution in [2.24, 2.45) is 0 Å². The summed E-state index contributed by atoms with van der Waals surface area (Å²) < 4.78 is 41.3. The van der Waals surface area contributed by atoms with Gasteiger partial charge in [0, 0.05) is 18.6 Å². The van der Waals surface area contributed by atoms with Gasteiger partial charge in [0.15, 0.2) is 5.71 Å². The van der Waals surface area contributed by atoms with Gasteiger partial charge in [-0.25, -0.2) is 4.58 Å². The number of hydrogen-bond donors (Lipinski definition) is 0. The molecule has 94 valence electrons. The molecule has 1 aliphatic heterocycles. The lowest BCUT2D eigenvalue weighted by molar-refractivity contribution is -0.402. The molecule has 0 spiro atoms. The molecule has 1 aromatic carbocycles. The van der Waals surface area contributed by atoms with Crippen molar-refractivity contribution in [3.05, 3.63) is 29.8 Å². The number of fused-ring (bicyclic) bond motifs is 1. The molecule has 6 heteroatoms. The molecule has 1 nitrogen and oxygen atoms in total. The quantitative estimate of drug-likeness (QED) is 0.372. The summed E-state index contributed by atoms with van der Waals surface area (Å²) in [6.07, 6.45) is 0. The van der Waals surface area contributed by atoms with Gasteiger partial charge in [-0.1, -0.05) is 18.2 Å². The minimum absolute atomic E-state index is 0.589. The molecule has 0 amide bonds. The summed E-state index contributed by atoms with van der Waals surface area (Å²) in [5, 5.41) is 0. The second kappa shape index (κ2) is 4.90. The Balaban J connectivity index is 0.000000249. The summed E-state index contributed by atoms with van der Waals surface area (Å²) in [6, 6.07) is 8.61. The van der Waals surface area contributed by atoms with E-state index in [1.807, 2.05) is 0 Å². The van der Waals surface area contributed by atoms with Gasteiger partial charge in [-0.3, -0.25) is 0 Å². The highest BCUT2D eigenvalue weighted by molar-refractivity contribution is 6.50. The van der Waals surface area contributed by atoms with E-state index in [2.05, 4.69) is 49.7 Å². The number of para-hydroxylation sites is 1. The summed E-state index contributed by atoms with van der Waals surface area (Å²) in [5.74, 6) is 0.589. The smallest absolute Gasteiger partial charge is 0.418 e. The Bertz CT molecular complexity index is 433. The van der Waals surface area contributed by atoms with Crippen LogP contribution < -0.4 is 0 Å². The molecule has 0 radical (unpaired) electrons. The summed E-state index contributed by atoms with van der Waals surface area (Å²) in [4.78, 5) is 0. The van der Waals surface area contributed by atoms with E-state index in [1.165, 1.54) is 17.0 Å². The molecule has 0 bridgehead atoms. The monoisotopic (exact) mass is 247 g/mol. The molecule has 0 saturated carbocycles. The normalized spacial score (nSPS) is 18.6. The van der Waals surface area contributed by atoms with Crippen LogP contribution in [0.25, 0.3) is 0 Å². The summed E-state index contributed by atoms with van der Waals surface area (Å²) >= 11 is 0. The minimum atomic E-state index is -6.00. The fourth-order valence-corrected chi connectivity index (χ4v) is 1.86. The zero-order valence-electron chi connectivity index (χ0n) is 9.92. The molecule has 1 aliphatic rings. The third-order valence-electron chi connectivity index (χ3n) is 2.92.